The van der Waals surface area contributed by atoms with Crippen molar-refractivity contribution in [1.29, 1.82) is 0 Å². The molecule has 0 amide bonds. The molecule has 0 aromatic heterocycles. The van der Waals surface area contributed by atoms with Crippen LogP contribution in [-0.4, -0.2) is 25.1 Å². The van der Waals surface area contributed by atoms with Crippen molar-refractivity contribution in [2.75, 3.05) is 30.4 Å². The Morgan fingerprint density at radius 2 is 1.91 bits per heavy atom. The van der Waals surface area contributed by atoms with E-state index >= 15 is 0 Å². The molecule has 6 heteroatoms. The molecular weight excluding hydrogens is 294 g/mol. The van der Waals surface area contributed by atoms with E-state index in [0.29, 0.717) is 11.4 Å². The van der Waals surface area contributed by atoms with E-state index in [1.807, 2.05) is 24.3 Å². The first-order chi connectivity index (χ1) is 11.2. The summed E-state index contributed by atoms with van der Waals surface area (Å²) in [6.07, 6.45) is 2.38. The van der Waals surface area contributed by atoms with Gasteiger partial charge in [0.25, 0.3) is 5.69 Å². The quantitative estimate of drug-likeness (QED) is 0.667. The average molecular weight is 313 g/mol. The minimum atomic E-state index is -0.409. The largest absolute Gasteiger partial charge is 0.455 e. The van der Waals surface area contributed by atoms with Gasteiger partial charge >= 0.3 is 0 Å². The molecule has 1 heterocycles. The Bertz CT molecular complexity index is 712. The summed E-state index contributed by atoms with van der Waals surface area (Å²) in [6.45, 7) is 2.06. The third-order valence-corrected chi connectivity index (χ3v) is 3.97. The van der Waals surface area contributed by atoms with E-state index in [1.165, 1.54) is 18.9 Å². The lowest BCUT2D eigenvalue weighted by atomic mass is 10.2. The van der Waals surface area contributed by atoms with Gasteiger partial charge in [0, 0.05) is 32.3 Å². The molecule has 0 spiro atoms. The summed E-state index contributed by atoms with van der Waals surface area (Å²) in [5.41, 5.74) is 1.54. The molecule has 1 saturated heterocycles. The fraction of sp³-hybridized carbons (Fsp3) is 0.294. The van der Waals surface area contributed by atoms with Crippen LogP contribution in [-0.2, 0) is 0 Å². The van der Waals surface area contributed by atoms with Crippen LogP contribution in [0.25, 0.3) is 0 Å². The van der Waals surface area contributed by atoms with Crippen LogP contribution in [0.5, 0.6) is 11.5 Å². The van der Waals surface area contributed by atoms with Gasteiger partial charge in [-0.2, -0.15) is 0 Å². The molecular formula is C17H19N3O3. The van der Waals surface area contributed by atoms with Crippen LogP contribution in [0.15, 0.2) is 42.5 Å². The minimum absolute atomic E-state index is 0.0349. The molecule has 2 aromatic rings. The second-order valence-electron chi connectivity index (χ2n) is 5.45. The minimum Gasteiger partial charge on any atom is -0.455 e. The van der Waals surface area contributed by atoms with Crippen LogP contribution in [0.3, 0.4) is 0 Å². The Kier molecular flexibility index (Phi) is 4.32. The molecule has 0 unspecified atom stereocenters. The van der Waals surface area contributed by atoms with Crippen molar-refractivity contribution < 1.29 is 9.66 Å². The van der Waals surface area contributed by atoms with E-state index in [0.717, 1.165) is 24.5 Å². The molecule has 23 heavy (non-hydrogen) atoms. The van der Waals surface area contributed by atoms with Crippen LogP contribution in [0.1, 0.15) is 12.8 Å². The van der Waals surface area contributed by atoms with Gasteiger partial charge in [0.05, 0.1) is 10.6 Å². The summed E-state index contributed by atoms with van der Waals surface area (Å²) in [5, 5.41) is 13.8. The summed E-state index contributed by atoms with van der Waals surface area (Å²) >= 11 is 0. The van der Waals surface area contributed by atoms with Gasteiger partial charge in [-0.1, -0.05) is 12.1 Å². The molecule has 1 N–H and O–H groups in total. The van der Waals surface area contributed by atoms with Gasteiger partial charge in [-0.3, -0.25) is 10.1 Å². The summed E-state index contributed by atoms with van der Waals surface area (Å²) in [5.74, 6) is 1.34. The third kappa shape index (κ3) is 3.21. The Balaban J connectivity index is 1.89. The van der Waals surface area contributed by atoms with Crippen molar-refractivity contribution >= 4 is 17.1 Å². The van der Waals surface area contributed by atoms with Crippen molar-refractivity contribution in [3.05, 3.63) is 52.6 Å². The average Bonchev–Trinajstić information content (AvgIpc) is 3.09. The maximum Gasteiger partial charge on any atom is 0.292 e. The van der Waals surface area contributed by atoms with Gasteiger partial charge in [0.1, 0.15) is 11.4 Å². The molecule has 1 fully saturated rings. The van der Waals surface area contributed by atoms with E-state index in [-0.39, 0.29) is 5.69 Å². The standard InChI is InChI=1S/C17H19N3O3/c1-18-14-12-13(8-9-15(14)20(21)22)23-17-7-3-2-6-16(17)19-10-4-5-11-19/h2-3,6-9,12,18H,4-5,10-11H2,1H3. The van der Waals surface area contributed by atoms with Crippen LogP contribution in [0.2, 0.25) is 0 Å². The van der Waals surface area contributed by atoms with Gasteiger partial charge in [0.2, 0.25) is 0 Å². The molecule has 120 valence electrons. The number of ether oxygens (including phenoxy) is 1. The Morgan fingerprint density at radius 1 is 1.17 bits per heavy atom. The molecule has 0 atom stereocenters. The lowest BCUT2D eigenvalue weighted by Gasteiger charge is -2.21. The predicted octanol–water partition coefficient (Wildman–Crippen LogP) is 4.03. The number of hydrogen-bond acceptors (Lipinski definition) is 5. The summed E-state index contributed by atoms with van der Waals surface area (Å²) < 4.78 is 5.99. The second-order valence-corrected chi connectivity index (χ2v) is 5.45. The number of anilines is 2. The highest BCUT2D eigenvalue weighted by Crippen LogP contribution is 2.36. The Morgan fingerprint density at radius 3 is 2.61 bits per heavy atom. The highest BCUT2D eigenvalue weighted by Gasteiger charge is 2.18. The molecule has 0 bridgehead atoms. The zero-order valence-corrected chi connectivity index (χ0v) is 13.0. The molecule has 2 aromatic carbocycles. The van der Waals surface area contributed by atoms with Gasteiger partial charge in [0.15, 0.2) is 5.75 Å². The van der Waals surface area contributed by atoms with E-state index in [9.17, 15) is 10.1 Å². The van der Waals surface area contributed by atoms with Gasteiger partial charge in [-0.25, -0.2) is 0 Å². The number of nitrogens with one attached hydrogen (secondary N) is 1. The van der Waals surface area contributed by atoms with E-state index in [2.05, 4.69) is 10.2 Å². The maximum absolute atomic E-state index is 11.0. The fourth-order valence-corrected chi connectivity index (χ4v) is 2.83. The number of benzene rings is 2. The summed E-state index contributed by atoms with van der Waals surface area (Å²) in [4.78, 5) is 12.9. The van der Waals surface area contributed by atoms with Crippen molar-refractivity contribution in [2.24, 2.45) is 0 Å². The molecule has 0 aliphatic carbocycles. The summed E-state index contributed by atoms with van der Waals surface area (Å²) in [7, 11) is 1.66. The van der Waals surface area contributed by atoms with Crippen molar-refractivity contribution in [3.63, 3.8) is 0 Å². The van der Waals surface area contributed by atoms with E-state index < -0.39 is 4.92 Å². The number of nitrogens with zero attached hydrogens (tertiary/aromatic N) is 2. The first-order valence-corrected chi connectivity index (χ1v) is 7.67. The molecule has 6 nitrogen and oxygen atoms in total. The zero-order valence-electron chi connectivity index (χ0n) is 13.0. The number of nitro benzene ring substituents is 1. The highest BCUT2D eigenvalue weighted by molar-refractivity contribution is 5.65. The second kappa shape index (κ2) is 6.56. The number of para-hydroxylation sites is 2. The monoisotopic (exact) mass is 313 g/mol. The van der Waals surface area contributed by atoms with Crippen molar-refractivity contribution in [1.82, 2.24) is 0 Å². The molecule has 0 radical (unpaired) electrons. The first kappa shape index (κ1) is 15.1. The van der Waals surface area contributed by atoms with Gasteiger partial charge in [-0.05, 0) is 31.0 Å². The molecule has 3 rings (SSSR count). The Hall–Kier alpha value is -2.76. The van der Waals surface area contributed by atoms with Crippen molar-refractivity contribution in [3.8, 4) is 11.5 Å². The third-order valence-electron chi connectivity index (χ3n) is 3.97. The van der Waals surface area contributed by atoms with Crippen LogP contribution < -0.4 is 15.0 Å². The van der Waals surface area contributed by atoms with Crippen LogP contribution in [0.4, 0.5) is 17.1 Å². The molecule has 0 saturated carbocycles. The SMILES string of the molecule is CNc1cc(Oc2ccccc2N2CCCC2)ccc1[N+](=O)[O-]. The van der Waals surface area contributed by atoms with Gasteiger partial charge in [-0.15, -0.1) is 0 Å². The zero-order chi connectivity index (χ0) is 16.2. The Labute approximate surface area is 134 Å². The number of nitro groups is 1. The lowest BCUT2D eigenvalue weighted by Crippen LogP contribution is -2.18. The van der Waals surface area contributed by atoms with E-state index in [1.54, 1.807) is 19.2 Å². The number of hydrogen-bond donors (Lipinski definition) is 1. The fourth-order valence-electron chi connectivity index (χ4n) is 2.83. The number of rotatable bonds is 5. The maximum atomic E-state index is 11.0. The summed E-state index contributed by atoms with van der Waals surface area (Å²) in [6, 6.07) is 12.6. The van der Waals surface area contributed by atoms with E-state index in [4.69, 9.17) is 4.74 Å². The normalized spacial score (nSPS) is 13.9. The lowest BCUT2D eigenvalue weighted by molar-refractivity contribution is -0.384. The van der Waals surface area contributed by atoms with Gasteiger partial charge < -0.3 is 15.0 Å². The van der Waals surface area contributed by atoms with Crippen LogP contribution >= 0.6 is 0 Å². The molecule has 1 aliphatic heterocycles. The van der Waals surface area contributed by atoms with Crippen molar-refractivity contribution in [2.45, 2.75) is 12.8 Å². The van der Waals surface area contributed by atoms with Crippen LogP contribution in [0, 0.1) is 10.1 Å². The first-order valence-electron chi connectivity index (χ1n) is 7.67. The highest BCUT2D eigenvalue weighted by atomic mass is 16.6. The smallest absolute Gasteiger partial charge is 0.292 e. The predicted molar refractivity (Wildman–Crippen MR) is 90.6 cm³/mol. The topological polar surface area (TPSA) is 67.6 Å². The molecule has 1 aliphatic rings.